The lowest BCUT2D eigenvalue weighted by atomic mass is 10.1. The molecule has 0 aliphatic heterocycles. The summed E-state index contributed by atoms with van der Waals surface area (Å²) in [7, 11) is 0. The Morgan fingerprint density at radius 2 is 2.11 bits per heavy atom. The van der Waals surface area contributed by atoms with Gasteiger partial charge in [0.1, 0.15) is 0 Å². The Labute approximate surface area is 111 Å². The molecule has 1 aromatic rings. The van der Waals surface area contributed by atoms with Crippen LogP contribution in [0.15, 0.2) is 24.3 Å². The largest absolute Gasteiger partial charge is 0.395 e. The van der Waals surface area contributed by atoms with Crippen LogP contribution in [-0.2, 0) is 0 Å². The molecule has 6 heteroatoms. The number of halogens is 2. The number of anilines is 1. The molecule has 0 atom stereocenters. The average molecular weight is 272 g/mol. The fourth-order valence-corrected chi connectivity index (χ4v) is 1.75. The molecule has 0 aliphatic carbocycles. The lowest BCUT2D eigenvalue weighted by Crippen LogP contribution is -2.37. The van der Waals surface area contributed by atoms with E-state index in [4.69, 9.17) is 5.11 Å². The van der Waals surface area contributed by atoms with Crippen LogP contribution in [0.4, 0.5) is 14.5 Å². The van der Waals surface area contributed by atoms with Gasteiger partial charge in [0, 0.05) is 18.8 Å². The first-order chi connectivity index (χ1) is 9.10. The van der Waals surface area contributed by atoms with E-state index in [0.29, 0.717) is 17.8 Å². The van der Waals surface area contributed by atoms with Gasteiger partial charge in [-0.15, -0.1) is 0 Å². The minimum atomic E-state index is -2.62. The highest BCUT2D eigenvalue weighted by atomic mass is 19.3. The van der Waals surface area contributed by atoms with Crippen LogP contribution in [0, 0.1) is 0 Å². The molecule has 1 aromatic carbocycles. The Hall–Kier alpha value is -1.69. The van der Waals surface area contributed by atoms with Crippen molar-refractivity contribution >= 4 is 11.6 Å². The van der Waals surface area contributed by atoms with Crippen molar-refractivity contribution < 1.29 is 18.7 Å². The zero-order valence-corrected chi connectivity index (χ0v) is 10.8. The summed E-state index contributed by atoms with van der Waals surface area (Å²) in [4.78, 5) is 13.2. The highest BCUT2D eigenvalue weighted by molar-refractivity contribution is 5.99. The molecule has 0 bridgehead atoms. The summed E-state index contributed by atoms with van der Waals surface area (Å²) in [6.07, 6.45) is -2.62. The summed E-state index contributed by atoms with van der Waals surface area (Å²) in [5.41, 5.74) is 0.936. The lowest BCUT2D eigenvalue weighted by molar-refractivity contribution is 0.0510. The monoisotopic (exact) mass is 272 g/mol. The number of aliphatic hydroxyl groups excluding tert-OH is 1. The summed E-state index contributed by atoms with van der Waals surface area (Å²) in [6, 6.07) is 6.73. The van der Waals surface area contributed by atoms with E-state index < -0.39 is 18.9 Å². The molecular formula is C13H18F2N2O2. The first-order valence-corrected chi connectivity index (χ1v) is 6.11. The topological polar surface area (TPSA) is 52.6 Å². The maximum Gasteiger partial charge on any atom is 0.256 e. The van der Waals surface area contributed by atoms with E-state index in [-0.39, 0.29) is 13.2 Å². The standard InChI is InChI=1S/C13H18F2N2O2/c1-2-16-11-6-4-3-5-10(11)13(19)17(7-8-18)9-12(14)15/h3-6,12,16,18H,2,7-9H2,1H3. The lowest BCUT2D eigenvalue weighted by Gasteiger charge is -2.22. The minimum absolute atomic E-state index is 0.108. The third-order valence-corrected chi connectivity index (χ3v) is 2.54. The third-order valence-electron chi connectivity index (χ3n) is 2.54. The van der Waals surface area contributed by atoms with Crippen molar-refractivity contribution in [2.45, 2.75) is 13.3 Å². The maximum absolute atomic E-state index is 12.4. The number of amides is 1. The first kappa shape index (κ1) is 15.4. The quantitative estimate of drug-likeness (QED) is 0.796. The molecule has 0 saturated carbocycles. The second-order valence-electron chi connectivity index (χ2n) is 3.94. The van der Waals surface area contributed by atoms with E-state index in [1.165, 1.54) is 0 Å². The van der Waals surface area contributed by atoms with Gasteiger partial charge in [-0.1, -0.05) is 12.1 Å². The van der Waals surface area contributed by atoms with Gasteiger partial charge >= 0.3 is 0 Å². The highest BCUT2D eigenvalue weighted by Crippen LogP contribution is 2.17. The molecule has 0 spiro atoms. The predicted molar refractivity (Wildman–Crippen MR) is 69.6 cm³/mol. The van der Waals surface area contributed by atoms with Crippen LogP contribution < -0.4 is 5.32 Å². The van der Waals surface area contributed by atoms with Crippen LogP contribution in [0.1, 0.15) is 17.3 Å². The van der Waals surface area contributed by atoms with Crippen molar-refractivity contribution in [3.05, 3.63) is 29.8 Å². The van der Waals surface area contributed by atoms with Gasteiger partial charge in [0.15, 0.2) is 0 Å². The van der Waals surface area contributed by atoms with Crippen LogP contribution in [0.3, 0.4) is 0 Å². The molecule has 0 radical (unpaired) electrons. The van der Waals surface area contributed by atoms with E-state index in [1.54, 1.807) is 24.3 Å². The Morgan fingerprint density at radius 1 is 1.42 bits per heavy atom. The normalized spacial score (nSPS) is 10.6. The minimum Gasteiger partial charge on any atom is -0.395 e. The third kappa shape index (κ3) is 4.48. The number of carbonyl (C=O) groups excluding carboxylic acids is 1. The number of benzene rings is 1. The van der Waals surface area contributed by atoms with Crippen molar-refractivity contribution in [3.8, 4) is 0 Å². The van der Waals surface area contributed by atoms with Crippen molar-refractivity contribution in [3.63, 3.8) is 0 Å². The zero-order valence-electron chi connectivity index (χ0n) is 10.8. The van der Waals surface area contributed by atoms with Crippen LogP contribution in [0.5, 0.6) is 0 Å². The number of alkyl halides is 2. The van der Waals surface area contributed by atoms with Gasteiger partial charge in [0.25, 0.3) is 12.3 Å². The van der Waals surface area contributed by atoms with Crippen molar-refractivity contribution in [1.29, 1.82) is 0 Å². The van der Waals surface area contributed by atoms with Crippen LogP contribution in [0.2, 0.25) is 0 Å². The Bertz CT molecular complexity index is 413. The molecule has 0 saturated heterocycles. The van der Waals surface area contributed by atoms with E-state index in [2.05, 4.69) is 5.32 Å². The molecule has 0 aliphatic rings. The number of hydrogen-bond acceptors (Lipinski definition) is 3. The predicted octanol–water partition coefficient (Wildman–Crippen LogP) is 1.82. The number of hydrogen-bond donors (Lipinski definition) is 2. The molecule has 106 valence electrons. The zero-order chi connectivity index (χ0) is 14.3. The van der Waals surface area contributed by atoms with Crippen molar-refractivity contribution in [1.82, 2.24) is 4.90 Å². The number of aliphatic hydroxyl groups is 1. The van der Waals surface area contributed by atoms with Gasteiger partial charge in [-0.05, 0) is 19.1 Å². The number of para-hydroxylation sites is 1. The number of nitrogens with zero attached hydrogens (tertiary/aromatic N) is 1. The molecule has 1 amide bonds. The van der Waals surface area contributed by atoms with Crippen molar-refractivity contribution in [2.24, 2.45) is 0 Å². The Kier molecular flexibility index (Phi) is 6.21. The van der Waals surface area contributed by atoms with E-state index in [9.17, 15) is 13.6 Å². The number of rotatable bonds is 7. The van der Waals surface area contributed by atoms with Gasteiger partial charge in [0.2, 0.25) is 0 Å². The molecule has 1 rings (SSSR count). The molecular weight excluding hydrogens is 254 g/mol. The van der Waals surface area contributed by atoms with Crippen molar-refractivity contribution in [2.75, 3.05) is 31.6 Å². The second-order valence-corrected chi connectivity index (χ2v) is 3.94. The summed E-state index contributed by atoms with van der Waals surface area (Å²) in [5, 5.41) is 11.9. The van der Waals surface area contributed by atoms with E-state index >= 15 is 0 Å². The van der Waals surface area contributed by atoms with Crippen LogP contribution in [0.25, 0.3) is 0 Å². The Balaban J connectivity index is 2.95. The molecule has 0 fully saturated rings. The highest BCUT2D eigenvalue weighted by Gasteiger charge is 2.21. The fraction of sp³-hybridized carbons (Fsp3) is 0.462. The molecule has 4 nitrogen and oxygen atoms in total. The second kappa shape index (κ2) is 7.68. The number of nitrogens with one attached hydrogen (secondary N) is 1. The van der Waals surface area contributed by atoms with Gasteiger partial charge in [-0.3, -0.25) is 4.79 Å². The molecule has 0 aromatic heterocycles. The summed E-state index contributed by atoms with van der Waals surface area (Å²) >= 11 is 0. The van der Waals surface area contributed by atoms with Gasteiger partial charge in [-0.25, -0.2) is 8.78 Å². The smallest absolute Gasteiger partial charge is 0.256 e. The summed E-state index contributed by atoms with van der Waals surface area (Å²) < 4.78 is 24.9. The van der Waals surface area contributed by atoms with Crippen LogP contribution in [-0.4, -0.2) is 48.6 Å². The van der Waals surface area contributed by atoms with Gasteiger partial charge in [0.05, 0.1) is 18.7 Å². The van der Waals surface area contributed by atoms with Gasteiger partial charge < -0.3 is 15.3 Å². The summed E-state index contributed by atoms with van der Waals surface area (Å²) in [5.74, 6) is -0.508. The maximum atomic E-state index is 12.4. The van der Waals surface area contributed by atoms with Gasteiger partial charge in [-0.2, -0.15) is 0 Å². The molecule has 0 unspecified atom stereocenters. The molecule has 0 heterocycles. The summed E-state index contributed by atoms with van der Waals surface area (Å²) in [6.45, 7) is 1.37. The van der Waals surface area contributed by atoms with Crippen LogP contribution >= 0.6 is 0 Å². The first-order valence-electron chi connectivity index (χ1n) is 6.11. The molecule has 2 N–H and O–H groups in total. The van der Waals surface area contributed by atoms with E-state index in [1.807, 2.05) is 6.92 Å². The Morgan fingerprint density at radius 3 is 2.68 bits per heavy atom. The molecule has 19 heavy (non-hydrogen) atoms. The SMILES string of the molecule is CCNc1ccccc1C(=O)N(CCO)CC(F)F. The average Bonchev–Trinajstić information content (AvgIpc) is 2.38. The fourth-order valence-electron chi connectivity index (χ4n) is 1.75. The van der Waals surface area contributed by atoms with E-state index in [0.717, 1.165) is 4.90 Å². The number of carbonyl (C=O) groups is 1.